The van der Waals surface area contributed by atoms with E-state index < -0.39 is 61.0 Å². The van der Waals surface area contributed by atoms with Crippen LogP contribution in [-0.2, 0) is 35.0 Å². The van der Waals surface area contributed by atoms with Gasteiger partial charge in [0, 0.05) is 13.0 Å². The molecule has 0 bridgehead atoms. The summed E-state index contributed by atoms with van der Waals surface area (Å²) in [6.45, 7) is -1.39. The van der Waals surface area contributed by atoms with Gasteiger partial charge in [-0.1, -0.05) is 24.3 Å². The van der Waals surface area contributed by atoms with Gasteiger partial charge in [0.15, 0.2) is 0 Å². The molecule has 0 N–H and O–H groups in total. The van der Waals surface area contributed by atoms with E-state index in [9.17, 15) is 39.9 Å². The van der Waals surface area contributed by atoms with Crippen molar-refractivity contribution in [3.8, 4) is 0 Å². The fourth-order valence-corrected chi connectivity index (χ4v) is 3.36. The number of nitrogens with zero attached hydrogens (tertiary/aromatic N) is 1. The predicted molar refractivity (Wildman–Crippen MR) is 96.4 cm³/mol. The maximum absolute atomic E-state index is 13.9. The molecule has 1 atom stereocenters. The van der Waals surface area contributed by atoms with Crippen molar-refractivity contribution >= 4 is 5.97 Å². The Morgan fingerprint density at radius 2 is 1.34 bits per heavy atom. The Bertz CT molecular complexity index is 936. The van der Waals surface area contributed by atoms with Crippen LogP contribution < -0.4 is 0 Å². The first-order chi connectivity index (χ1) is 14.7. The number of hydrogen-bond acceptors (Lipinski definition) is 3. The molecule has 2 aromatic carbocycles. The number of halogens is 8. The molecule has 0 amide bonds. The highest BCUT2D eigenvalue weighted by molar-refractivity contribution is 5.76. The van der Waals surface area contributed by atoms with E-state index in [2.05, 4.69) is 0 Å². The Labute approximate surface area is 177 Å². The summed E-state index contributed by atoms with van der Waals surface area (Å²) in [4.78, 5) is 13.5. The van der Waals surface area contributed by atoms with Crippen molar-refractivity contribution in [1.82, 2.24) is 4.90 Å². The van der Waals surface area contributed by atoms with Gasteiger partial charge in [0.1, 0.15) is 12.6 Å². The molecule has 0 spiro atoms. The number of alkyl halides is 8. The van der Waals surface area contributed by atoms with Crippen molar-refractivity contribution in [2.75, 3.05) is 6.54 Å². The van der Waals surface area contributed by atoms with Gasteiger partial charge in [-0.3, -0.25) is 9.69 Å². The van der Waals surface area contributed by atoms with Crippen LogP contribution in [-0.4, -0.2) is 29.4 Å². The summed E-state index contributed by atoms with van der Waals surface area (Å²) in [7, 11) is 0. The number of benzene rings is 2. The summed E-state index contributed by atoms with van der Waals surface area (Å²) >= 11 is 0. The molecule has 0 radical (unpaired) electrons. The van der Waals surface area contributed by atoms with Crippen molar-refractivity contribution in [3.63, 3.8) is 0 Å². The standard InChI is InChI=1S/C21H17F8NO2/c22-19(23)9-17(18(31)32-11-14-3-7-16(8-4-14)21(27,28)29)30(12-19)10-13-1-5-15(6-2-13)20(24,25)26/h1-8,17H,9-12H2. The van der Waals surface area contributed by atoms with Gasteiger partial charge in [-0.25, -0.2) is 8.78 Å². The number of rotatable bonds is 5. The molecular weight excluding hydrogens is 450 g/mol. The van der Waals surface area contributed by atoms with Crippen molar-refractivity contribution in [2.24, 2.45) is 0 Å². The lowest BCUT2D eigenvalue weighted by Crippen LogP contribution is -2.36. The Kier molecular flexibility index (Phi) is 6.50. The van der Waals surface area contributed by atoms with Gasteiger partial charge in [-0.15, -0.1) is 0 Å². The van der Waals surface area contributed by atoms with Gasteiger partial charge in [-0.2, -0.15) is 26.3 Å². The van der Waals surface area contributed by atoms with E-state index in [1.807, 2.05) is 0 Å². The SMILES string of the molecule is O=C(OCc1ccc(C(F)(F)F)cc1)C1CC(F)(F)CN1Cc1ccc(C(F)(F)F)cc1. The maximum atomic E-state index is 13.9. The Morgan fingerprint density at radius 1 is 0.875 bits per heavy atom. The number of esters is 1. The third kappa shape index (κ3) is 5.96. The van der Waals surface area contributed by atoms with Crippen molar-refractivity contribution < 1.29 is 44.7 Å². The topological polar surface area (TPSA) is 29.5 Å². The van der Waals surface area contributed by atoms with E-state index in [1.54, 1.807) is 0 Å². The van der Waals surface area contributed by atoms with E-state index in [1.165, 1.54) is 0 Å². The summed E-state index contributed by atoms with van der Waals surface area (Å²) in [6.07, 6.45) is -9.90. The molecule has 32 heavy (non-hydrogen) atoms. The van der Waals surface area contributed by atoms with Gasteiger partial charge < -0.3 is 4.74 Å². The van der Waals surface area contributed by atoms with Crippen LogP contribution in [0.1, 0.15) is 28.7 Å². The van der Waals surface area contributed by atoms with E-state index in [-0.39, 0.29) is 12.1 Å². The third-order valence-electron chi connectivity index (χ3n) is 4.97. The third-order valence-corrected chi connectivity index (χ3v) is 4.97. The summed E-state index contributed by atoms with van der Waals surface area (Å²) in [6, 6.07) is 6.42. The normalized spacial score (nSPS) is 19.2. The zero-order valence-corrected chi connectivity index (χ0v) is 16.3. The largest absolute Gasteiger partial charge is 0.460 e. The number of likely N-dealkylation sites (tertiary alicyclic amines) is 1. The van der Waals surface area contributed by atoms with E-state index in [0.29, 0.717) is 5.56 Å². The Hall–Kier alpha value is -2.69. The highest BCUT2D eigenvalue weighted by Gasteiger charge is 2.48. The first-order valence-corrected chi connectivity index (χ1v) is 9.35. The molecule has 0 aliphatic carbocycles. The molecule has 1 heterocycles. The molecule has 3 rings (SSSR count). The molecule has 1 saturated heterocycles. The second-order valence-corrected chi connectivity index (χ2v) is 7.48. The first-order valence-electron chi connectivity index (χ1n) is 9.35. The summed E-state index contributed by atoms with van der Waals surface area (Å²) in [5.74, 6) is -4.20. The smallest absolute Gasteiger partial charge is 0.416 e. The molecule has 3 nitrogen and oxygen atoms in total. The number of carbonyl (C=O) groups is 1. The molecule has 0 saturated carbocycles. The minimum Gasteiger partial charge on any atom is -0.460 e. The maximum Gasteiger partial charge on any atom is 0.416 e. The van der Waals surface area contributed by atoms with Crippen LogP contribution in [0.5, 0.6) is 0 Å². The zero-order valence-electron chi connectivity index (χ0n) is 16.3. The Morgan fingerprint density at radius 3 is 1.81 bits per heavy atom. The van der Waals surface area contributed by atoms with Crippen LogP contribution in [0.25, 0.3) is 0 Å². The van der Waals surface area contributed by atoms with Gasteiger partial charge in [0.2, 0.25) is 0 Å². The van der Waals surface area contributed by atoms with Gasteiger partial charge in [0.25, 0.3) is 5.92 Å². The van der Waals surface area contributed by atoms with Crippen LogP contribution in [0.3, 0.4) is 0 Å². The second-order valence-electron chi connectivity index (χ2n) is 7.48. The lowest BCUT2D eigenvalue weighted by molar-refractivity contribution is -0.150. The zero-order chi connectivity index (χ0) is 23.7. The number of carbonyl (C=O) groups excluding carboxylic acids is 1. The highest BCUT2D eigenvalue weighted by atomic mass is 19.4. The highest BCUT2D eigenvalue weighted by Crippen LogP contribution is 2.35. The fourth-order valence-electron chi connectivity index (χ4n) is 3.36. The molecule has 0 aromatic heterocycles. The summed E-state index contributed by atoms with van der Waals surface area (Å²) in [5, 5.41) is 0. The summed E-state index contributed by atoms with van der Waals surface area (Å²) in [5.41, 5.74) is -1.23. The quantitative estimate of drug-likeness (QED) is 0.419. The molecule has 11 heteroatoms. The average molecular weight is 467 g/mol. The first kappa shape index (κ1) is 24.0. The Balaban J connectivity index is 1.64. The minimum atomic E-state index is -4.54. The molecule has 1 fully saturated rings. The summed E-state index contributed by atoms with van der Waals surface area (Å²) < 4.78 is 109. The van der Waals surface area contributed by atoms with Crippen molar-refractivity contribution in [1.29, 1.82) is 0 Å². The molecule has 174 valence electrons. The fraction of sp³-hybridized carbons (Fsp3) is 0.381. The van der Waals surface area contributed by atoms with Crippen LogP contribution in [0.15, 0.2) is 48.5 Å². The molecule has 1 aliphatic heterocycles. The average Bonchev–Trinajstić information content (AvgIpc) is 2.99. The number of hydrogen-bond donors (Lipinski definition) is 0. The van der Waals surface area contributed by atoms with Gasteiger partial charge >= 0.3 is 18.3 Å². The van der Waals surface area contributed by atoms with Crippen molar-refractivity contribution in [2.45, 2.75) is 43.9 Å². The monoisotopic (exact) mass is 467 g/mol. The van der Waals surface area contributed by atoms with Crippen LogP contribution in [0.2, 0.25) is 0 Å². The van der Waals surface area contributed by atoms with Crippen LogP contribution in [0, 0.1) is 0 Å². The lowest BCUT2D eigenvalue weighted by atomic mass is 10.1. The van der Waals surface area contributed by atoms with Crippen LogP contribution >= 0.6 is 0 Å². The molecule has 2 aromatic rings. The van der Waals surface area contributed by atoms with E-state index in [4.69, 9.17) is 4.74 Å². The van der Waals surface area contributed by atoms with Gasteiger partial charge in [-0.05, 0) is 35.4 Å². The second kappa shape index (κ2) is 8.68. The molecule has 1 aliphatic rings. The van der Waals surface area contributed by atoms with Gasteiger partial charge in [0.05, 0.1) is 17.7 Å². The van der Waals surface area contributed by atoms with E-state index >= 15 is 0 Å². The molecular formula is C21H17F8NO2. The van der Waals surface area contributed by atoms with Crippen LogP contribution in [0.4, 0.5) is 35.1 Å². The molecule has 1 unspecified atom stereocenters. The van der Waals surface area contributed by atoms with E-state index in [0.717, 1.165) is 53.4 Å². The number of ether oxygens (including phenoxy) is 1. The lowest BCUT2D eigenvalue weighted by Gasteiger charge is -2.22. The van der Waals surface area contributed by atoms with Crippen molar-refractivity contribution in [3.05, 3.63) is 70.8 Å². The predicted octanol–water partition coefficient (Wildman–Crippen LogP) is 5.68. The minimum absolute atomic E-state index is 0.201.